The summed E-state index contributed by atoms with van der Waals surface area (Å²) in [5, 5.41) is 9.66. The van der Waals surface area contributed by atoms with Crippen LogP contribution in [0.25, 0.3) is 0 Å². The number of ether oxygens (including phenoxy) is 1. The van der Waals surface area contributed by atoms with Crippen molar-refractivity contribution in [1.29, 1.82) is 0 Å². The maximum absolute atomic E-state index is 13.1. The zero-order chi connectivity index (χ0) is 17.4. The molecule has 0 unspecified atom stereocenters. The summed E-state index contributed by atoms with van der Waals surface area (Å²) in [6, 6.07) is 6.93. The number of aromatic nitrogens is 2. The van der Waals surface area contributed by atoms with Gasteiger partial charge < -0.3 is 19.3 Å². The zero-order valence-corrected chi connectivity index (χ0v) is 14.4. The minimum atomic E-state index is -0.360. The molecule has 1 amide bonds. The van der Waals surface area contributed by atoms with Gasteiger partial charge >= 0.3 is 0 Å². The van der Waals surface area contributed by atoms with Crippen molar-refractivity contribution in [2.45, 2.75) is 31.2 Å². The summed E-state index contributed by atoms with van der Waals surface area (Å²) < 4.78 is 7.65. The van der Waals surface area contributed by atoms with Gasteiger partial charge in [-0.2, -0.15) is 0 Å². The Kier molecular flexibility index (Phi) is 4.00. The Morgan fingerprint density at radius 1 is 1.36 bits per heavy atom. The standard InChI is InChI=1S/C19H23N3O3/c1-21-13-20-18-16(21)5-8-22(19(18)6-9-25-10-7-19)17(24)12-14-3-2-4-15(23)11-14/h2-4,11,13,23H,5-10,12H2,1H3. The molecule has 132 valence electrons. The van der Waals surface area contributed by atoms with Crippen LogP contribution in [0.3, 0.4) is 0 Å². The van der Waals surface area contributed by atoms with Crippen LogP contribution in [0.5, 0.6) is 5.75 Å². The van der Waals surface area contributed by atoms with E-state index in [0.29, 0.717) is 26.2 Å². The largest absolute Gasteiger partial charge is 0.508 e. The van der Waals surface area contributed by atoms with Crippen molar-refractivity contribution in [3.63, 3.8) is 0 Å². The smallest absolute Gasteiger partial charge is 0.227 e. The molecule has 6 nitrogen and oxygen atoms in total. The predicted octanol–water partition coefficient (Wildman–Crippen LogP) is 1.76. The SMILES string of the molecule is Cn1cnc2c1CCN(C(=O)Cc1cccc(O)c1)C21CCOCC1. The molecule has 4 rings (SSSR count). The molecule has 1 aromatic heterocycles. The molecule has 1 spiro atoms. The van der Waals surface area contributed by atoms with Gasteiger partial charge in [0.15, 0.2) is 0 Å². The van der Waals surface area contributed by atoms with Crippen LogP contribution in [0, 0.1) is 0 Å². The predicted molar refractivity (Wildman–Crippen MR) is 92.2 cm³/mol. The van der Waals surface area contributed by atoms with Crippen molar-refractivity contribution in [2.24, 2.45) is 7.05 Å². The molecule has 1 N–H and O–H groups in total. The molecule has 0 bridgehead atoms. The lowest BCUT2D eigenvalue weighted by molar-refractivity contribution is -0.143. The first kappa shape index (κ1) is 16.1. The lowest BCUT2D eigenvalue weighted by Crippen LogP contribution is -2.56. The summed E-state index contributed by atoms with van der Waals surface area (Å²) in [6.45, 7) is 1.99. The van der Waals surface area contributed by atoms with E-state index >= 15 is 0 Å². The second-order valence-electron chi connectivity index (χ2n) is 6.94. The van der Waals surface area contributed by atoms with Gasteiger partial charge in [-0.1, -0.05) is 12.1 Å². The number of carbonyl (C=O) groups is 1. The van der Waals surface area contributed by atoms with E-state index in [-0.39, 0.29) is 17.2 Å². The average molecular weight is 341 g/mol. The van der Waals surface area contributed by atoms with Gasteiger partial charge in [0.05, 0.1) is 24.0 Å². The Morgan fingerprint density at radius 3 is 2.92 bits per heavy atom. The minimum absolute atomic E-state index is 0.0869. The summed E-state index contributed by atoms with van der Waals surface area (Å²) >= 11 is 0. The molecule has 0 radical (unpaired) electrons. The number of phenols is 1. The van der Waals surface area contributed by atoms with Gasteiger partial charge in [0.2, 0.25) is 5.91 Å². The average Bonchev–Trinajstić information content (AvgIpc) is 2.98. The summed E-state index contributed by atoms with van der Waals surface area (Å²) in [7, 11) is 2.02. The summed E-state index contributed by atoms with van der Waals surface area (Å²) in [4.78, 5) is 19.8. The maximum Gasteiger partial charge on any atom is 0.227 e. The molecule has 2 aliphatic rings. The van der Waals surface area contributed by atoms with E-state index in [2.05, 4.69) is 9.55 Å². The summed E-state index contributed by atoms with van der Waals surface area (Å²) in [5.41, 5.74) is 2.73. The monoisotopic (exact) mass is 341 g/mol. The molecule has 1 fully saturated rings. The highest BCUT2D eigenvalue weighted by Gasteiger charge is 2.48. The van der Waals surface area contributed by atoms with Crippen LogP contribution in [-0.2, 0) is 35.0 Å². The van der Waals surface area contributed by atoms with Crippen molar-refractivity contribution in [3.05, 3.63) is 47.5 Å². The van der Waals surface area contributed by atoms with Crippen molar-refractivity contribution in [1.82, 2.24) is 14.5 Å². The molecule has 0 saturated carbocycles. The van der Waals surface area contributed by atoms with E-state index in [1.54, 1.807) is 18.2 Å². The lowest BCUT2D eigenvalue weighted by atomic mass is 9.80. The Labute approximate surface area is 147 Å². The van der Waals surface area contributed by atoms with E-state index in [9.17, 15) is 9.90 Å². The third-order valence-electron chi connectivity index (χ3n) is 5.48. The van der Waals surface area contributed by atoms with Gasteiger partial charge in [0.1, 0.15) is 5.75 Å². The first-order chi connectivity index (χ1) is 12.1. The molecule has 0 atom stereocenters. The van der Waals surface area contributed by atoms with Crippen LogP contribution in [0.2, 0.25) is 0 Å². The van der Waals surface area contributed by atoms with Gasteiger partial charge in [-0.25, -0.2) is 4.98 Å². The molecule has 3 heterocycles. The molecule has 6 heteroatoms. The zero-order valence-electron chi connectivity index (χ0n) is 14.4. The number of imidazole rings is 1. The second kappa shape index (κ2) is 6.19. The molecule has 2 aromatic rings. The molecular formula is C19H23N3O3. The molecule has 2 aliphatic heterocycles. The van der Waals surface area contributed by atoms with Crippen molar-refractivity contribution in [2.75, 3.05) is 19.8 Å². The number of aryl methyl sites for hydroxylation is 1. The van der Waals surface area contributed by atoms with E-state index in [1.807, 2.05) is 24.3 Å². The molecule has 1 aromatic carbocycles. The van der Waals surface area contributed by atoms with Crippen LogP contribution >= 0.6 is 0 Å². The first-order valence-corrected chi connectivity index (χ1v) is 8.77. The summed E-state index contributed by atoms with van der Waals surface area (Å²) in [6.07, 6.45) is 4.52. The number of aromatic hydroxyl groups is 1. The number of phenolic OH excluding ortho intramolecular Hbond substituents is 1. The third-order valence-corrected chi connectivity index (χ3v) is 5.48. The Balaban J connectivity index is 1.67. The lowest BCUT2D eigenvalue weighted by Gasteiger charge is -2.48. The fraction of sp³-hybridized carbons (Fsp3) is 0.474. The molecular weight excluding hydrogens is 318 g/mol. The van der Waals surface area contributed by atoms with Crippen molar-refractivity contribution < 1.29 is 14.6 Å². The molecule has 0 aliphatic carbocycles. The number of amides is 1. The minimum Gasteiger partial charge on any atom is -0.508 e. The number of carbonyl (C=O) groups excluding carboxylic acids is 1. The number of benzene rings is 1. The fourth-order valence-corrected chi connectivity index (χ4v) is 4.21. The topological polar surface area (TPSA) is 67.6 Å². The van der Waals surface area contributed by atoms with E-state index in [0.717, 1.165) is 30.5 Å². The number of nitrogens with zero attached hydrogens (tertiary/aromatic N) is 3. The van der Waals surface area contributed by atoms with Crippen LogP contribution in [0.4, 0.5) is 0 Å². The van der Waals surface area contributed by atoms with Crippen molar-refractivity contribution in [3.8, 4) is 5.75 Å². The van der Waals surface area contributed by atoms with Crippen LogP contribution in [0.15, 0.2) is 30.6 Å². The fourth-order valence-electron chi connectivity index (χ4n) is 4.21. The van der Waals surface area contributed by atoms with E-state index in [4.69, 9.17) is 4.74 Å². The number of hydrogen-bond donors (Lipinski definition) is 1. The molecule has 1 saturated heterocycles. The second-order valence-corrected chi connectivity index (χ2v) is 6.94. The van der Waals surface area contributed by atoms with Gasteiger partial charge in [-0.15, -0.1) is 0 Å². The van der Waals surface area contributed by atoms with Gasteiger partial charge in [0, 0.05) is 38.9 Å². The highest BCUT2D eigenvalue weighted by molar-refractivity contribution is 5.80. The Morgan fingerprint density at radius 2 is 2.16 bits per heavy atom. The highest BCUT2D eigenvalue weighted by Crippen LogP contribution is 2.42. The quantitative estimate of drug-likeness (QED) is 0.904. The Bertz CT molecular complexity index is 793. The molecule has 25 heavy (non-hydrogen) atoms. The van der Waals surface area contributed by atoms with Gasteiger partial charge in [-0.3, -0.25) is 4.79 Å². The highest BCUT2D eigenvalue weighted by atomic mass is 16.5. The third kappa shape index (κ3) is 2.70. The first-order valence-electron chi connectivity index (χ1n) is 8.77. The van der Waals surface area contributed by atoms with Crippen molar-refractivity contribution >= 4 is 5.91 Å². The number of hydrogen-bond acceptors (Lipinski definition) is 4. The van der Waals surface area contributed by atoms with E-state index < -0.39 is 0 Å². The number of fused-ring (bicyclic) bond motifs is 2. The number of rotatable bonds is 2. The summed E-state index contributed by atoms with van der Waals surface area (Å²) in [5.74, 6) is 0.278. The van der Waals surface area contributed by atoms with Gasteiger partial charge in [-0.05, 0) is 30.5 Å². The normalized spacial score (nSPS) is 19.0. The van der Waals surface area contributed by atoms with E-state index in [1.165, 1.54) is 5.69 Å². The van der Waals surface area contributed by atoms with Crippen LogP contribution in [0.1, 0.15) is 29.8 Å². The van der Waals surface area contributed by atoms with Crippen LogP contribution < -0.4 is 0 Å². The maximum atomic E-state index is 13.1. The van der Waals surface area contributed by atoms with Crippen LogP contribution in [-0.4, -0.2) is 45.2 Å². The van der Waals surface area contributed by atoms with Gasteiger partial charge in [0.25, 0.3) is 0 Å². The Hall–Kier alpha value is -2.34.